The number of aromatic nitrogens is 1. The molecule has 24 heavy (non-hydrogen) atoms. The number of halogens is 2. The van der Waals surface area contributed by atoms with E-state index in [1.54, 1.807) is 43.3 Å². The van der Waals surface area contributed by atoms with E-state index in [4.69, 9.17) is 23.2 Å². The molecule has 6 nitrogen and oxygen atoms in total. The van der Waals surface area contributed by atoms with Crippen molar-refractivity contribution in [3.8, 4) is 0 Å². The van der Waals surface area contributed by atoms with Gasteiger partial charge in [0.05, 0.1) is 17.1 Å². The van der Waals surface area contributed by atoms with Gasteiger partial charge in [-0.15, -0.1) is 0 Å². The fraction of sp³-hybridized carbons (Fsp3) is 0.125. The zero-order chi connectivity index (χ0) is 17.5. The Kier molecular flexibility index (Phi) is 6.28. The summed E-state index contributed by atoms with van der Waals surface area (Å²) in [5, 5.41) is 7.36. The van der Waals surface area contributed by atoms with Gasteiger partial charge in [-0.3, -0.25) is 14.6 Å². The molecule has 0 saturated carbocycles. The standard InChI is InChI=1S/C16H14Cl2N4O2/c1-10(21-22-16(24)13-4-2-3-7-19-13)8-15(23)20-14-9-11(17)5-6-12(14)18/h2-7,9H,8H2,1H3,(H,20,23)(H,22,24). The van der Waals surface area contributed by atoms with E-state index in [0.717, 1.165) is 0 Å². The molecule has 2 aromatic rings. The third-order valence-corrected chi connectivity index (χ3v) is 3.43. The van der Waals surface area contributed by atoms with Crippen LogP contribution in [0.5, 0.6) is 0 Å². The third-order valence-electron chi connectivity index (χ3n) is 2.86. The van der Waals surface area contributed by atoms with Crippen LogP contribution in [0.3, 0.4) is 0 Å². The maximum atomic E-state index is 12.0. The van der Waals surface area contributed by atoms with Crippen molar-refractivity contribution in [1.29, 1.82) is 0 Å². The van der Waals surface area contributed by atoms with Crippen molar-refractivity contribution >= 4 is 46.4 Å². The second-order valence-electron chi connectivity index (χ2n) is 4.85. The molecular weight excluding hydrogens is 351 g/mol. The summed E-state index contributed by atoms with van der Waals surface area (Å²) in [7, 11) is 0. The predicted molar refractivity (Wildman–Crippen MR) is 94.5 cm³/mol. The third kappa shape index (κ3) is 5.33. The Hall–Kier alpha value is -2.44. The number of carbonyl (C=O) groups is 2. The van der Waals surface area contributed by atoms with E-state index in [1.807, 2.05) is 0 Å². The summed E-state index contributed by atoms with van der Waals surface area (Å²) in [6, 6.07) is 9.73. The Balaban J connectivity index is 1.91. The van der Waals surface area contributed by atoms with Crippen LogP contribution in [-0.4, -0.2) is 22.5 Å². The van der Waals surface area contributed by atoms with Crippen LogP contribution in [0.15, 0.2) is 47.7 Å². The molecule has 0 unspecified atom stereocenters. The fourth-order valence-electron chi connectivity index (χ4n) is 1.76. The molecule has 124 valence electrons. The van der Waals surface area contributed by atoms with Crippen molar-refractivity contribution in [2.24, 2.45) is 5.10 Å². The number of rotatable bonds is 5. The van der Waals surface area contributed by atoms with E-state index in [1.165, 1.54) is 6.20 Å². The minimum absolute atomic E-state index is 0.00859. The van der Waals surface area contributed by atoms with E-state index < -0.39 is 5.91 Å². The number of hydrogen-bond donors (Lipinski definition) is 2. The molecule has 2 rings (SSSR count). The number of amides is 2. The lowest BCUT2D eigenvalue weighted by Crippen LogP contribution is -2.22. The monoisotopic (exact) mass is 364 g/mol. The molecule has 0 aliphatic rings. The smallest absolute Gasteiger partial charge is 0.289 e. The molecule has 1 aromatic carbocycles. The van der Waals surface area contributed by atoms with Gasteiger partial charge in [-0.1, -0.05) is 29.3 Å². The Labute approximate surface area is 148 Å². The van der Waals surface area contributed by atoms with Crippen molar-refractivity contribution in [3.63, 3.8) is 0 Å². The summed E-state index contributed by atoms with van der Waals surface area (Å²) < 4.78 is 0. The van der Waals surface area contributed by atoms with Crippen LogP contribution in [0.4, 0.5) is 5.69 Å². The summed E-state index contributed by atoms with van der Waals surface area (Å²) in [5.41, 5.74) is 3.43. The fourth-order valence-corrected chi connectivity index (χ4v) is 2.10. The Morgan fingerprint density at radius 1 is 1.21 bits per heavy atom. The number of hydrogen-bond acceptors (Lipinski definition) is 4. The van der Waals surface area contributed by atoms with Gasteiger partial charge < -0.3 is 5.32 Å². The van der Waals surface area contributed by atoms with Crippen molar-refractivity contribution < 1.29 is 9.59 Å². The molecule has 2 N–H and O–H groups in total. The lowest BCUT2D eigenvalue weighted by molar-refractivity contribution is -0.115. The average molecular weight is 365 g/mol. The molecule has 8 heteroatoms. The Morgan fingerprint density at radius 3 is 2.71 bits per heavy atom. The SMILES string of the molecule is CC(CC(=O)Nc1cc(Cl)ccc1Cl)=NNC(=O)c1ccccn1. The van der Waals surface area contributed by atoms with Crippen LogP contribution in [0.2, 0.25) is 10.0 Å². The van der Waals surface area contributed by atoms with Crippen molar-refractivity contribution in [3.05, 3.63) is 58.3 Å². The first-order valence-electron chi connectivity index (χ1n) is 6.95. The van der Waals surface area contributed by atoms with E-state index in [0.29, 0.717) is 21.4 Å². The minimum Gasteiger partial charge on any atom is -0.324 e. The number of anilines is 1. The summed E-state index contributed by atoms with van der Waals surface area (Å²) in [6.45, 7) is 1.62. The van der Waals surface area contributed by atoms with Crippen molar-refractivity contribution in [2.45, 2.75) is 13.3 Å². The predicted octanol–water partition coefficient (Wildman–Crippen LogP) is 3.52. The van der Waals surface area contributed by atoms with Crippen LogP contribution >= 0.6 is 23.2 Å². The average Bonchev–Trinajstić information content (AvgIpc) is 2.56. The van der Waals surface area contributed by atoms with Gasteiger partial charge >= 0.3 is 0 Å². The molecule has 0 spiro atoms. The van der Waals surface area contributed by atoms with E-state index in [2.05, 4.69) is 20.8 Å². The number of nitrogens with one attached hydrogen (secondary N) is 2. The molecule has 0 fully saturated rings. The van der Waals surface area contributed by atoms with Gasteiger partial charge in [0.2, 0.25) is 5.91 Å². The maximum absolute atomic E-state index is 12.0. The first kappa shape index (κ1) is 17.9. The van der Waals surface area contributed by atoms with E-state index >= 15 is 0 Å². The maximum Gasteiger partial charge on any atom is 0.289 e. The number of nitrogens with zero attached hydrogens (tertiary/aromatic N) is 2. The van der Waals surface area contributed by atoms with Gasteiger partial charge in [-0.2, -0.15) is 5.10 Å². The van der Waals surface area contributed by atoms with Crippen LogP contribution in [0.25, 0.3) is 0 Å². The highest BCUT2D eigenvalue weighted by molar-refractivity contribution is 6.35. The number of benzene rings is 1. The van der Waals surface area contributed by atoms with Crippen molar-refractivity contribution in [1.82, 2.24) is 10.4 Å². The second-order valence-corrected chi connectivity index (χ2v) is 5.70. The zero-order valence-corrected chi connectivity index (χ0v) is 14.2. The normalized spacial score (nSPS) is 11.0. The van der Waals surface area contributed by atoms with Gasteiger partial charge in [0, 0.05) is 16.9 Å². The lowest BCUT2D eigenvalue weighted by Gasteiger charge is -2.07. The molecule has 0 aliphatic heterocycles. The summed E-state index contributed by atoms with van der Waals surface area (Å²) in [5.74, 6) is -0.777. The number of pyridine rings is 1. The van der Waals surface area contributed by atoms with E-state index in [-0.39, 0.29) is 18.0 Å². The van der Waals surface area contributed by atoms with Crippen LogP contribution in [-0.2, 0) is 4.79 Å². The lowest BCUT2D eigenvalue weighted by atomic mass is 10.2. The highest BCUT2D eigenvalue weighted by Crippen LogP contribution is 2.25. The topological polar surface area (TPSA) is 83.5 Å². The zero-order valence-electron chi connectivity index (χ0n) is 12.7. The second kappa shape index (κ2) is 8.42. The van der Waals surface area contributed by atoms with E-state index in [9.17, 15) is 9.59 Å². The van der Waals surface area contributed by atoms with Gasteiger partial charge in [0.15, 0.2) is 0 Å². The Bertz CT molecular complexity index is 779. The Morgan fingerprint density at radius 2 is 2.00 bits per heavy atom. The molecule has 1 aromatic heterocycles. The van der Waals surface area contributed by atoms with Crippen molar-refractivity contribution in [2.75, 3.05) is 5.32 Å². The summed E-state index contributed by atoms with van der Waals surface area (Å²) in [6.07, 6.45) is 1.50. The molecule has 0 aliphatic carbocycles. The molecule has 1 heterocycles. The molecular formula is C16H14Cl2N4O2. The minimum atomic E-state index is -0.451. The summed E-state index contributed by atoms with van der Waals surface area (Å²) in [4.78, 5) is 27.7. The molecule has 0 saturated heterocycles. The highest BCUT2D eigenvalue weighted by Gasteiger charge is 2.09. The quantitative estimate of drug-likeness (QED) is 0.628. The van der Waals surface area contributed by atoms with Crippen LogP contribution in [0, 0.1) is 0 Å². The van der Waals surface area contributed by atoms with Gasteiger partial charge in [0.1, 0.15) is 5.69 Å². The molecule has 0 atom stereocenters. The first-order chi connectivity index (χ1) is 11.5. The summed E-state index contributed by atoms with van der Waals surface area (Å²) >= 11 is 11.8. The molecule has 0 bridgehead atoms. The highest BCUT2D eigenvalue weighted by atomic mass is 35.5. The number of carbonyl (C=O) groups excluding carboxylic acids is 2. The number of hydrazone groups is 1. The molecule has 0 radical (unpaired) electrons. The van der Waals surface area contributed by atoms with Gasteiger partial charge in [-0.25, -0.2) is 5.43 Å². The first-order valence-corrected chi connectivity index (χ1v) is 7.70. The molecule has 2 amide bonds. The van der Waals surface area contributed by atoms with Crippen LogP contribution in [0.1, 0.15) is 23.8 Å². The van der Waals surface area contributed by atoms with Gasteiger partial charge in [-0.05, 0) is 37.3 Å². The van der Waals surface area contributed by atoms with Gasteiger partial charge in [0.25, 0.3) is 5.91 Å². The van der Waals surface area contributed by atoms with Crippen LogP contribution < -0.4 is 10.7 Å². The largest absolute Gasteiger partial charge is 0.324 e.